The Labute approximate surface area is 102 Å². The van der Waals surface area contributed by atoms with Crippen molar-refractivity contribution in [3.8, 4) is 0 Å². The summed E-state index contributed by atoms with van der Waals surface area (Å²) in [5, 5.41) is 3.69. The summed E-state index contributed by atoms with van der Waals surface area (Å²) in [5.74, 6) is -1.86. The van der Waals surface area contributed by atoms with Gasteiger partial charge in [-0.3, -0.25) is 5.43 Å². The lowest BCUT2D eigenvalue weighted by Crippen LogP contribution is -1.95. The maximum Gasteiger partial charge on any atom is 0.151 e. The molecule has 1 N–H and O–H groups in total. The highest BCUT2D eigenvalue weighted by Crippen LogP contribution is 2.14. The van der Waals surface area contributed by atoms with Gasteiger partial charge in [0.15, 0.2) is 5.82 Å². The molecule has 5 heteroatoms. The van der Waals surface area contributed by atoms with E-state index in [0.717, 1.165) is 12.1 Å². The van der Waals surface area contributed by atoms with E-state index in [1.165, 1.54) is 24.4 Å². The van der Waals surface area contributed by atoms with Gasteiger partial charge in [0.05, 0.1) is 11.9 Å². The van der Waals surface area contributed by atoms with E-state index in [-0.39, 0.29) is 11.3 Å². The Hall–Kier alpha value is -2.30. The van der Waals surface area contributed by atoms with Crippen molar-refractivity contribution in [3.63, 3.8) is 0 Å². The van der Waals surface area contributed by atoms with Crippen LogP contribution < -0.4 is 5.43 Å². The van der Waals surface area contributed by atoms with Gasteiger partial charge in [0.1, 0.15) is 11.6 Å². The molecule has 0 saturated heterocycles. The molecular weight excluding hydrogens is 241 g/mol. The van der Waals surface area contributed by atoms with Crippen LogP contribution in [0.15, 0.2) is 47.6 Å². The summed E-state index contributed by atoms with van der Waals surface area (Å²) in [4.78, 5) is 0. The summed E-state index contributed by atoms with van der Waals surface area (Å²) in [6.45, 7) is 0. The number of halogens is 3. The molecule has 2 aromatic rings. The average molecular weight is 250 g/mol. The summed E-state index contributed by atoms with van der Waals surface area (Å²) in [7, 11) is 0. The minimum Gasteiger partial charge on any atom is -0.276 e. The fourth-order valence-corrected chi connectivity index (χ4v) is 1.33. The Morgan fingerprint density at radius 1 is 0.944 bits per heavy atom. The van der Waals surface area contributed by atoms with Gasteiger partial charge in [0.2, 0.25) is 0 Å². The van der Waals surface area contributed by atoms with Crippen LogP contribution >= 0.6 is 0 Å². The second-order valence-corrected chi connectivity index (χ2v) is 3.52. The fraction of sp³-hybridized carbons (Fsp3) is 0. The maximum atomic E-state index is 13.2. The number of hydrazone groups is 1. The van der Waals surface area contributed by atoms with Crippen molar-refractivity contribution in [3.05, 3.63) is 65.5 Å². The van der Waals surface area contributed by atoms with Crippen LogP contribution in [0.25, 0.3) is 0 Å². The SMILES string of the molecule is Fc1ccc(NN=Cc2ccccc2F)c(F)c1. The zero-order valence-electron chi connectivity index (χ0n) is 9.20. The molecule has 2 aromatic carbocycles. The minimum absolute atomic E-state index is 0.0176. The lowest BCUT2D eigenvalue weighted by molar-refractivity contribution is 0.585. The molecule has 0 saturated carbocycles. The molecule has 2 rings (SSSR count). The van der Waals surface area contributed by atoms with Gasteiger partial charge in [-0.25, -0.2) is 13.2 Å². The van der Waals surface area contributed by atoms with Crippen molar-refractivity contribution in [1.29, 1.82) is 0 Å². The van der Waals surface area contributed by atoms with Crippen molar-refractivity contribution >= 4 is 11.9 Å². The molecule has 18 heavy (non-hydrogen) atoms. The van der Waals surface area contributed by atoms with Crippen LogP contribution in [0.2, 0.25) is 0 Å². The van der Waals surface area contributed by atoms with Crippen LogP contribution in [0.3, 0.4) is 0 Å². The van der Waals surface area contributed by atoms with E-state index >= 15 is 0 Å². The number of hydrogen-bond acceptors (Lipinski definition) is 2. The number of anilines is 1. The Morgan fingerprint density at radius 2 is 1.72 bits per heavy atom. The minimum atomic E-state index is -0.763. The van der Waals surface area contributed by atoms with E-state index < -0.39 is 17.5 Å². The Kier molecular flexibility index (Phi) is 3.62. The molecule has 0 aromatic heterocycles. The van der Waals surface area contributed by atoms with Crippen LogP contribution in [-0.2, 0) is 0 Å². The molecule has 0 radical (unpaired) electrons. The van der Waals surface area contributed by atoms with E-state index in [2.05, 4.69) is 10.5 Å². The van der Waals surface area contributed by atoms with Gasteiger partial charge in [-0.2, -0.15) is 5.10 Å². The molecule has 0 unspecified atom stereocenters. The predicted octanol–water partition coefficient (Wildman–Crippen LogP) is 3.55. The highest BCUT2D eigenvalue weighted by molar-refractivity contribution is 5.80. The number of benzene rings is 2. The topological polar surface area (TPSA) is 24.4 Å². The number of rotatable bonds is 3. The lowest BCUT2D eigenvalue weighted by atomic mass is 10.2. The summed E-state index contributed by atoms with van der Waals surface area (Å²) in [5.41, 5.74) is 2.67. The number of nitrogens with zero attached hydrogens (tertiary/aromatic N) is 1. The lowest BCUT2D eigenvalue weighted by Gasteiger charge is -2.01. The molecule has 0 heterocycles. The van der Waals surface area contributed by atoms with Gasteiger partial charge in [0, 0.05) is 11.6 Å². The first-order valence-electron chi connectivity index (χ1n) is 5.15. The zero-order chi connectivity index (χ0) is 13.0. The van der Waals surface area contributed by atoms with Gasteiger partial charge < -0.3 is 0 Å². The highest BCUT2D eigenvalue weighted by atomic mass is 19.1. The molecule has 0 amide bonds. The van der Waals surface area contributed by atoms with E-state index in [1.807, 2.05) is 0 Å². The average Bonchev–Trinajstić information content (AvgIpc) is 2.34. The zero-order valence-corrected chi connectivity index (χ0v) is 9.20. The third kappa shape index (κ3) is 2.88. The largest absolute Gasteiger partial charge is 0.276 e. The Bertz CT molecular complexity index is 582. The number of nitrogens with one attached hydrogen (secondary N) is 1. The van der Waals surface area contributed by atoms with Crippen molar-refractivity contribution in [2.24, 2.45) is 5.10 Å². The van der Waals surface area contributed by atoms with Crippen LogP contribution in [0.5, 0.6) is 0 Å². The molecule has 2 nitrogen and oxygen atoms in total. The van der Waals surface area contributed by atoms with E-state index in [9.17, 15) is 13.2 Å². The monoisotopic (exact) mass is 250 g/mol. The molecule has 0 aliphatic carbocycles. The van der Waals surface area contributed by atoms with E-state index in [4.69, 9.17) is 0 Å². The fourth-order valence-electron chi connectivity index (χ4n) is 1.33. The molecule has 0 aliphatic heterocycles. The molecular formula is C13H9F3N2. The molecule has 0 fully saturated rings. The highest BCUT2D eigenvalue weighted by Gasteiger charge is 2.02. The summed E-state index contributed by atoms with van der Waals surface area (Å²) >= 11 is 0. The quantitative estimate of drug-likeness (QED) is 0.653. The summed E-state index contributed by atoms with van der Waals surface area (Å²) in [6, 6.07) is 9.08. The van der Waals surface area contributed by atoms with Crippen LogP contribution in [0, 0.1) is 17.5 Å². The van der Waals surface area contributed by atoms with Gasteiger partial charge in [-0.15, -0.1) is 0 Å². The predicted molar refractivity (Wildman–Crippen MR) is 64.0 cm³/mol. The van der Waals surface area contributed by atoms with Crippen molar-refractivity contribution in [2.75, 3.05) is 5.43 Å². The third-order valence-electron chi connectivity index (χ3n) is 2.22. The second kappa shape index (κ2) is 5.35. The first kappa shape index (κ1) is 12.2. The van der Waals surface area contributed by atoms with Crippen molar-refractivity contribution in [2.45, 2.75) is 0 Å². The first-order chi connectivity index (χ1) is 8.66. The van der Waals surface area contributed by atoms with Crippen LogP contribution in [0.4, 0.5) is 18.9 Å². The first-order valence-corrected chi connectivity index (χ1v) is 5.15. The van der Waals surface area contributed by atoms with Crippen molar-refractivity contribution < 1.29 is 13.2 Å². The van der Waals surface area contributed by atoms with Gasteiger partial charge in [0.25, 0.3) is 0 Å². The van der Waals surface area contributed by atoms with Gasteiger partial charge in [-0.1, -0.05) is 18.2 Å². The third-order valence-corrected chi connectivity index (χ3v) is 2.22. The molecule has 0 aliphatic rings. The van der Waals surface area contributed by atoms with Gasteiger partial charge in [-0.05, 0) is 18.2 Å². The molecule has 92 valence electrons. The second-order valence-electron chi connectivity index (χ2n) is 3.52. The summed E-state index contributed by atoms with van der Waals surface area (Å²) in [6.07, 6.45) is 1.22. The smallest absolute Gasteiger partial charge is 0.151 e. The maximum absolute atomic E-state index is 13.2. The normalized spacial score (nSPS) is 10.8. The number of hydrogen-bond donors (Lipinski definition) is 1. The summed E-state index contributed by atoms with van der Waals surface area (Å²) < 4.78 is 39.0. The molecule has 0 spiro atoms. The van der Waals surface area contributed by atoms with E-state index in [1.54, 1.807) is 12.1 Å². The molecule has 0 bridgehead atoms. The van der Waals surface area contributed by atoms with Crippen molar-refractivity contribution in [1.82, 2.24) is 0 Å². The Morgan fingerprint density at radius 3 is 2.44 bits per heavy atom. The van der Waals surface area contributed by atoms with E-state index in [0.29, 0.717) is 0 Å². The van der Waals surface area contributed by atoms with Crippen LogP contribution in [-0.4, -0.2) is 6.21 Å². The van der Waals surface area contributed by atoms with Gasteiger partial charge >= 0.3 is 0 Å². The standard InChI is InChI=1S/C13H9F3N2/c14-10-5-6-13(12(16)7-10)18-17-8-9-3-1-2-4-11(9)15/h1-8,18H. The molecule has 0 atom stereocenters. The Balaban J connectivity index is 2.10. The van der Waals surface area contributed by atoms with Crippen LogP contribution in [0.1, 0.15) is 5.56 Å².